The molecule has 0 heterocycles. The Morgan fingerprint density at radius 3 is 2.55 bits per heavy atom. The van der Waals surface area contributed by atoms with Crippen LogP contribution in [0, 0.1) is 0 Å². The molecule has 6 nitrogen and oxygen atoms in total. The maximum atomic E-state index is 12.5. The van der Waals surface area contributed by atoms with E-state index in [9.17, 15) is 13.2 Å². The van der Waals surface area contributed by atoms with Gasteiger partial charge in [-0.25, -0.2) is 8.42 Å². The molecule has 0 atom stereocenters. The minimum Gasteiger partial charge on any atom is -0.398 e. The zero-order chi connectivity index (χ0) is 15.3. The number of nitrogens with zero attached hydrogens (tertiary/aromatic N) is 1. The van der Waals surface area contributed by atoms with Gasteiger partial charge < -0.3 is 11.1 Å². The van der Waals surface area contributed by atoms with Crippen LogP contribution in [0.25, 0.3) is 0 Å². The molecule has 1 rings (SSSR count). The quantitative estimate of drug-likeness (QED) is 0.742. The van der Waals surface area contributed by atoms with E-state index in [0.717, 1.165) is 4.31 Å². The highest BCUT2D eigenvalue weighted by atomic mass is 79.9. The van der Waals surface area contributed by atoms with E-state index < -0.39 is 10.0 Å². The van der Waals surface area contributed by atoms with Crippen LogP contribution in [-0.2, 0) is 14.8 Å². The van der Waals surface area contributed by atoms with E-state index in [2.05, 4.69) is 21.2 Å². The number of hydrogen-bond donors (Lipinski definition) is 2. The number of rotatable bonds is 6. The summed E-state index contributed by atoms with van der Waals surface area (Å²) < 4.78 is 26.8. The Morgan fingerprint density at radius 1 is 1.40 bits per heavy atom. The first-order chi connectivity index (χ1) is 9.32. The third-order valence-electron chi connectivity index (χ3n) is 2.64. The van der Waals surface area contributed by atoms with Gasteiger partial charge in [0.15, 0.2) is 0 Å². The number of nitrogen functional groups attached to an aromatic ring is 1. The van der Waals surface area contributed by atoms with Gasteiger partial charge in [0.1, 0.15) is 4.90 Å². The summed E-state index contributed by atoms with van der Waals surface area (Å²) in [5, 5.41) is 2.57. The second-order valence-electron chi connectivity index (χ2n) is 4.07. The number of hydrogen-bond acceptors (Lipinski definition) is 4. The summed E-state index contributed by atoms with van der Waals surface area (Å²) in [6.45, 7) is 3.87. The van der Waals surface area contributed by atoms with Crippen LogP contribution < -0.4 is 11.1 Å². The fourth-order valence-electron chi connectivity index (χ4n) is 1.67. The normalized spacial score (nSPS) is 11.6. The highest BCUT2D eigenvalue weighted by Crippen LogP contribution is 2.25. The predicted molar refractivity (Wildman–Crippen MR) is 81.7 cm³/mol. The largest absolute Gasteiger partial charge is 0.398 e. The summed E-state index contributed by atoms with van der Waals surface area (Å²) in [4.78, 5) is 11.6. The van der Waals surface area contributed by atoms with Crippen molar-refractivity contribution >= 4 is 37.5 Å². The standard InChI is InChI=1S/C12H18BrN3O3S/c1-3-15-12(17)8-16(4-2)20(18,19)11-6-5-9(13)7-10(11)14/h5-7H,3-4,8,14H2,1-2H3,(H,15,17). The van der Waals surface area contributed by atoms with Crippen LogP contribution in [0.3, 0.4) is 0 Å². The summed E-state index contributed by atoms with van der Waals surface area (Å²) in [7, 11) is -3.79. The first-order valence-corrected chi connectivity index (χ1v) is 8.38. The smallest absolute Gasteiger partial charge is 0.245 e. The molecule has 0 unspecified atom stereocenters. The van der Waals surface area contributed by atoms with Crippen LogP contribution in [0.15, 0.2) is 27.6 Å². The van der Waals surface area contributed by atoms with Crippen LogP contribution in [0.4, 0.5) is 5.69 Å². The molecule has 1 aromatic carbocycles. The van der Waals surface area contributed by atoms with Crippen molar-refractivity contribution in [1.29, 1.82) is 0 Å². The average molecular weight is 364 g/mol. The Morgan fingerprint density at radius 2 is 2.05 bits per heavy atom. The molecule has 8 heteroatoms. The fourth-order valence-corrected chi connectivity index (χ4v) is 3.55. The molecule has 1 aromatic rings. The van der Waals surface area contributed by atoms with Crippen molar-refractivity contribution in [2.24, 2.45) is 0 Å². The van der Waals surface area contributed by atoms with Crippen molar-refractivity contribution in [2.45, 2.75) is 18.7 Å². The highest BCUT2D eigenvalue weighted by Gasteiger charge is 2.27. The first kappa shape index (κ1) is 16.9. The van der Waals surface area contributed by atoms with E-state index in [1.165, 1.54) is 12.1 Å². The Hall–Kier alpha value is -1.12. The molecule has 0 radical (unpaired) electrons. The van der Waals surface area contributed by atoms with E-state index >= 15 is 0 Å². The fraction of sp³-hybridized carbons (Fsp3) is 0.417. The third-order valence-corrected chi connectivity index (χ3v) is 5.12. The predicted octanol–water partition coefficient (Wildman–Crippen LogP) is 1.18. The number of likely N-dealkylation sites (N-methyl/N-ethyl adjacent to an activating group) is 2. The van der Waals surface area contributed by atoms with Crippen molar-refractivity contribution in [3.8, 4) is 0 Å². The zero-order valence-corrected chi connectivity index (χ0v) is 13.8. The topological polar surface area (TPSA) is 92.5 Å². The monoisotopic (exact) mass is 363 g/mol. The van der Waals surface area contributed by atoms with Gasteiger partial charge in [0.25, 0.3) is 0 Å². The van der Waals surface area contributed by atoms with Gasteiger partial charge in [0.2, 0.25) is 15.9 Å². The lowest BCUT2D eigenvalue weighted by molar-refractivity contribution is -0.121. The number of halogens is 1. The van der Waals surface area contributed by atoms with Crippen molar-refractivity contribution < 1.29 is 13.2 Å². The molecular weight excluding hydrogens is 346 g/mol. The molecule has 1 amide bonds. The van der Waals surface area contributed by atoms with Crippen molar-refractivity contribution in [1.82, 2.24) is 9.62 Å². The summed E-state index contributed by atoms with van der Waals surface area (Å²) in [6, 6.07) is 4.55. The van der Waals surface area contributed by atoms with Gasteiger partial charge in [-0.3, -0.25) is 4.79 Å². The molecule has 0 saturated carbocycles. The average Bonchev–Trinajstić information content (AvgIpc) is 2.35. The number of amides is 1. The molecule has 0 bridgehead atoms. The number of nitrogens with two attached hydrogens (primary N) is 1. The van der Waals surface area contributed by atoms with Crippen LogP contribution in [-0.4, -0.2) is 38.3 Å². The maximum Gasteiger partial charge on any atom is 0.245 e. The van der Waals surface area contributed by atoms with Gasteiger partial charge in [-0.05, 0) is 25.1 Å². The number of anilines is 1. The molecule has 0 saturated heterocycles. The summed E-state index contributed by atoms with van der Waals surface area (Å²) >= 11 is 3.23. The van der Waals surface area contributed by atoms with E-state index in [-0.39, 0.29) is 29.6 Å². The Bertz CT molecular complexity index is 590. The number of benzene rings is 1. The number of nitrogens with one attached hydrogen (secondary N) is 1. The minimum atomic E-state index is -3.79. The number of sulfonamides is 1. The van der Waals surface area contributed by atoms with E-state index in [4.69, 9.17) is 5.73 Å². The molecule has 0 aromatic heterocycles. The van der Waals surface area contributed by atoms with Gasteiger partial charge in [-0.1, -0.05) is 22.9 Å². The molecular formula is C12H18BrN3O3S. The van der Waals surface area contributed by atoms with Crippen molar-refractivity contribution in [3.63, 3.8) is 0 Å². The van der Waals surface area contributed by atoms with Crippen LogP contribution >= 0.6 is 15.9 Å². The van der Waals surface area contributed by atoms with E-state index in [1.807, 2.05) is 0 Å². The third kappa shape index (κ3) is 3.94. The van der Waals surface area contributed by atoms with Crippen molar-refractivity contribution in [2.75, 3.05) is 25.4 Å². The first-order valence-electron chi connectivity index (χ1n) is 6.14. The molecule has 0 fully saturated rings. The molecule has 0 spiro atoms. The highest BCUT2D eigenvalue weighted by molar-refractivity contribution is 9.10. The number of carbonyl (C=O) groups is 1. The molecule has 112 valence electrons. The molecule has 3 N–H and O–H groups in total. The second-order valence-corrected chi connectivity index (χ2v) is 6.89. The van der Waals surface area contributed by atoms with E-state index in [1.54, 1.807) is 19.9 Å². The molecule has 0 aliphatic rings. The lowest BCUT2D eigenvalue weighted by Crippen LogP contribution is -2.40. The van der Waals surface area contributed by atoms with Gasteiger partial charge >= 0.3 is 0 Å². The van der Waals surface area contributed by atoms with Crippen LogP contribution in [0.1, 0.15) is 13.8 Å². The Balaban J connectivity index is 3.09. The zero-order valence-electron chi connectivity index (χ0n) is 11.4. The Kier molecular flexibility index (Phi) is 5.97. The maximum absolute atomic E-state index is 12.5. The van der Waals surface area contributed by atoms with Gasteiger partial charge in [-0.2, -0.15) is 4.31 Å². The van der Waals surface area contributed by atoms with Crippen LogP contribution in [0.2, 0.25) is 0 Å². The SMILES string of the molecule is CCNC(=O)CN(CC)S(=O)(=O)c1ccc(Br)cc1N. The molecule has 0 aliphatic carbocycles. The summed E-state index contributed by atoms with van der Waals surface area (Å²) in [5.41, 5.74) is 5.90. The lowest BCUT2D eigenvalue weighted by Gasteiger charge is -2.20. The number of carbonyl (C=O) groups excluding carboxylic acids is 1. The second kappa shape index (κ2) is 7.05. The van der Waals surface area contributed by atoms with Gasteiger partial charge in [-0.15, -0.1) is 0 Å². The molecule has 20 heavy (non-hydrogen) atoms. The van der Waals surface area contributed by atoms with Crippen LogP contribution in [0.5, 0.6) is 0 Å². The minimum absolute atomic E-state index is 0.00634. The molecule has 0 aliphatic heterocycles. The summed E-state index contributed by atoms with van der Waals surface area (Å²) in [5.74, 6) is -0.339. The Labute approximate surface area is 127 Å². The summed E-state index contributed by atoms with van der Waals surface area (Å²) in [6.07, 6.45) is 0. The van der Waals surface area contributed by atoms with E-state index in [0.29, 0.717) is 11.0 Å². The van der Waals surface area contributed by atoms with Gasteiger partial charge in [0.05, 0.1) is 12.2 Å². The lowest BCUT2D eigenvalue weighted by atomic mass is 10.3. The van der Waals surface area contributed by atoms with Crippen molar-refractivity contribution in [3.05, 3.63) is 22.7 Å². The van der Waals surface area contributed by atoms with Gasteiger partial charge in [0, 0.05) is 17.6 Å².